The van der Waals surface area contributed by atoms with Crippen molar-refractivity contribution >= 4 is 38.0 Å². The molecule has 0 amide bonds. The zero-order valence-electron chi connectivity index (χ0n) is 19.9. The van der Waals surface area contributed by atoms with Crippen molar-refractivity contribution in [2.75, 3.05) is 36.9 Å². The van der Waals surface area contributed by atoms with Gasteiger partial charge in [0.1, 0.15) is 0 Å². The number of ether oxygens (including phenoxy) is 1. The van der Waals surface area contributed by atoms with Crippen LogP contribution >= 0.6 is 0 Å². The fourth-order valence-corrected chi connectivity index (χ4v) is 5.76. The molecule has 1 unspecified atom stereocenters. The summed E-state index contributed by atoms with van der Waals surface area (Å²) in [6.07, 6.45) is 3.52. The van der Waals surface area contributed by atoms with Gasteiger partial charge in [0.25, 0.3) is 10.0 Å². The average molecular weight is 494 g/mol. The summed E-state index contributed by atoms with van der Waals surface area (Å²) in [6, 6.07) is 14.6. The third-order valence-corrected chi connectivity index (χ3v) is 8.03. The third-order valence-electron chi connectivity index (χ3n) is 6.81. The summed E-state index contributed by atoms with van der Waals surface area (Å²) in [5.41, 5.74) is 11.9. The number of hydrogen-bond acceptors (Lipinski definition) is 7. The number of anilines is 2. The van der Waals surface area contributed by atoms with Crippen molar-refractivity contribution in [3.63, 3.8) is 0 Å². The van der Waals surface area contributed by atoms with E-state index >= 15 is 0 Å². The van der Waals surface area contributed by atoms with Crippen LogP contribution in [0.3, 0.4) is 0 Å². The van der Waals surface area contributed by atoms with Gasteiger partial charge in [-0.3, -0.25) is 0 Å². The van der Waals surface area contributed by atoms with E-state index in [1.54, 1.807) is 24.3 Å². The fraction of sp³-hybridized carbons (Fsp3) is 0.385. The number of aromatic nitrogens is 1. The van der Waals surface area contributed by atoms with Gasteiger partial charge in [-0.25, -0.2) is 9.82 Å². The second-order valence-electron chi connectivity index (χ2n) is 9.19. The number of hydrazone groups is 1. The molecule has 1 atom stereocenters. The van der Waals surface area contributed by atoms with Gasteiger partial charge in [0.05, 0.1) is 40.7 Å². The Hall–Kier alpha value is -3.17. The maximum atomic E-state index is 12.9. The standard InChI is InChI=1S/C26H31N5O3S/c1-18-10-12-19(13-11-18)35(32,33)30-29-23-9-5-3-7-21(23)25-26(31-14-16-34-17-15-31)24(27)20-6-2-4-8-22(20)28-25/h2,4,6,8,10-13,21,30H,3,5,7,9,14-17H2,1H3,(H2,27,28). The van der Waals surface area contributed by atoms with Gasteiger partial charge in [0.15, 0.2) is 0 Å². The topological polar surface area (TPSA) is 110 Å². The van der Waals surface area contributed by atoms with Gasteiger partial charge in [0.2, 0.25) is 0 Å². The molecular weight excluding hydrogens is 462 g/mol. The van der Waals surface area contributed by atoms with Crippen LogP contribution < -0.4 is 15.5 Å². The summed E-state index contributed by atoms with van der Waals surface area (Å²) in [7, 11) is -3.77. The molecule has 2 aliphatic rings. The zero-order chi connectivity index (χ0) is 24.4. The van der Waals surface area contributed by atoms with Gasteiger partial charge >= 0.3 is 0 Å². The molecule has 1 saturated heterocycles. The number of fused-ring (bicyclic) bond motifs is 1. The molecule has 1 aliphatic carbocycles. The molecule has 5 rings (SSSR count). The average Bonchev–Trinajstić information content (AvgIpc) is 2.88. The summed E-state index contributed by atoms with van der Waals surface area (Å²) < 4.78 is 31.4. The summed E-state index contributed by atoms with van der Waals surface area (Å²) >= 11 is 0. The van der Waals surface area contributed by atoms with Crippen LogP contribution in [0.4, 0.5) is 11.4 Å². The molecule has 35 heavy (non-hydrogen) atoms. The molecule has 0 bridgehead atoms. The van der Waals surface area contributed by atoms with Crippen LogP contribution in [0, 0.1) is 6.92 Å². The van der Waals surface area contributed by atoms with Gasteiger partial charge in [-0.05, 0) is 44.4 Å². The van der Waals surface area contributed by atoms with Crippen LogP contribution in [-0.4, -0.2) is 45.4 Å². The number of pyridine rings is 1. The van der Waals surface area contributed by atoms with Crippen LogP contribution in [0.1, 0.15) is 42.9 Å². The number of hydrogen-bond donors (Lipinski definition) is 2. The van der Waals surface area contributed by atoms with Gasteiger partial charge in [0, 0.05) is 30.1 Å². The molecule has 1 saturated carbocycles. The van der Waals surface area contributed by atoms with Gasteiger partial charge in [-0.2, -0.15) is 13.5 Å². The van der Waals surface area contributed by atoms with E-state index in [0.717, 1.165) is 65.9 Å². The van der Waals surface area contributed by atoms with Crippen LogP contribution in [0.25, 0.3) is 10.9 Å². The number of para-hydroxylation sites is 1. The molecule has 0 radical (unpaired) electrons. The Kier molecular flexibility index (Phi) is 6.62. The van der Waals surface area contributed by atoms with Crippen molar-refractivity contribution in [2.24, 2.45) is 5.10 Å². The van der Waals surface area contributed by atoms with E-state index in [1.165, 1.54) is 0 Å². The lowest BCUT2D eigenvalue weighted by Gasteiger charge is -2.34. The van der Waals surface area contributed by atoms with Crippen LogP contribution in [-0.2, 0) is 14.8 Å². The number of morpholine rings is 1. The molecular formula is C26H31N5O3S. The molecule has 2 heterocycles. The largest absolute Gasteiger partial charge is 0.396 e. The molecule has 2 aromatic carbocycles. The highest BCUT2D eigenvalue weighted by Gasteiger charge is 2.31. The van der Waals surface area contributed by atoms with Gasteiger partial charge in [-0.15, -0.1) is 0 Å². The molecule has 1 aromatic heterocycles. The summed E-state index contributed by atoms with van der Waals surface area (Å²) in [4.78, 5) is 10.0. The molecule has 3 N–H and O–H groups in total. The van der Waals surface area contributed by atoms with Gasteiger partial charge in [-0.1, -0.05) is 42.3 Å². The Labute approximate surface area is 206 Å². The first-order valence-corrected chi connectivity index (χ1v) is 13.6. The monoisotopic (exact) mass is 493 g/mol. The highest BCUT2D eigenvalue weighted by atomic mass is 32.2. The third kappa shape index (κ3) is 4.83. The molecule has 0 spiro atoms. The van der Waals surface area contributed by atoms with E-state index in [0.29, 0.717) is 25.3 Å². The molecule has 2 fully saturated rings. The first kappa shape index (κ1) is 23.6. The Morgan fingerprint density at radius 1 is 1.09 bits per heavy atom. The summed E-state index contributed by atoms with van der Waals surface area (Å²) in [6.45, 7) is 4.65. The van der Waals surface area contributed by atoms with E-state index in [4.69, 9.17) is 15.5 Å². The van der Waals surface area contributed by atoms with E-state index < -0.39 is 10.0 Å². The number of nitrogens with two attached hydrogens (primary N) is 1. The number of benzene rings is 2. The molecule has 8 nitrogen and oxygen atoms in total. The lowest BCUT2D eigenvalue weighted by Crippen LogP contribution is -2.38. The van der Waals surface area contributed by atoms with E-state index in [2.05, 4.69) is 14.8 Å². The van der Waals surface area contributed by atoms with Gasteiger partial charge < -0.3 is 15.4 Å². The minimum Gasteiger partial charge on any atom is -0.396 e. The Morgan fingerprint density at radius 3 is 2.60 bits per heavy atom. The number of nitrogen functional groups attached to an aromatic ring is 1. The minimum atomic E-state index is -3.77. The smallest absolute Gasteiger partial charge is 0.276 e. The maximum absolute atomic E-state index is 12.9. The predicted octanol–water partition coefficient (Wildman–Crippen LogP) is 3.95. The second-order valence-corrected chi connectivity index (χ2v) is 10.8. The van der Waals surface area contributed by atoms with Crippen molar-refractivity contribution in [1.29, 1.82) is 0 Å². The summed E-state index contributed by atoms with van der Waals surface area (Å²) in [5.74, 6) is -0.116. The lowest BCUT2D eigenvalue weighted by molar-refractivity contribution is 0.122. The minimum absolute atomic E-state index is 0.116. The first-order chi connectivity index (χ1) is 16.9. The first-order valence-electron chi connectivity index (χ1n) is 12.1. The lowest BCUT2D eigenvalue weighted by atomic mass is 9.83. The Balaban J connectivity index is 1.55. The zero-order valence-corrected chi connectivity index (χ0v) is 20.7. The Bertz CT molecular complexity index is 1350. The fourth-order valence-electron chi connectivity index (χ4n) is 4.92. The highest BCUT2D eigenvalue weighted by Crippen LogP contribution is 2.41. The maximum Gasteiger partial charge on any atom is 0.276 e. The number of rotatable bonds is 5. The van der Waals surface area contributed by atoms with Crippen molar-refractivity contribution in [2.45, 2.75) is 43.4 Å². The number of sulfonamides is 1. The quantitative estimate of drug-likeness (QED) is 0.521. The van der Waals surface area contributed by atoms with Crippen molar-refractivity contribution < 1.29 is 13.2 Å². The van der Waals surface area contributed by atoms with Crippen LogP contribution in [0.2, 0.25) is 0 Å². The summed E-state index contributed by atoms with van der Waals surface area (Å²) in [5, 5.41) is 5.39. The molecule has 9 heteroatoms. The highest BCUT2D eigenvalue weighted by molar-refractivity contribution is 7.89. The van der Waals surface area contributed by atoms with E-state index in [1.807, 2.05) is 31.2 Å². The normalized spacial score (nSPS) is 20.3. The van der Waals surface area contributed by atoms with Crippen molar-refractivity contribution in [1.82, 2.24) is 9.82 Å². The van der Waals surface area contributed by atoms with Crippen molar-refractivity contribution in [3.05, 3.63) is 59.8 Å². The predicted molar refractivity (Wildman–Crippen MR) is 139 cm³/mol. The van der Waals surface area contributed by atoms with E-state index in [-0.39, 0.29) is 10.8 Å². The van der Waals surface area contributed by atoms with E-state index in [9.17, 15) is 8.42 Å². The second kappa shape index (κ2) is 9.83. The van der Waals surface area contributed by atoms with Crippen LogP contribution in [0.15, 0.2) is 58.5 Å². The Morgan fingerprint density at radius 2 is 1.83 bits per heavy atom. The number of nitrogens with one attached hydrogen (secondary N) is 1. The van der Waals surface area contributed by atoms with Crippen molar-refractivity contribution in [3.8, 4) is 0 Å². The molecule has 184 valence electrons. The molecule has 3 aromatic rings. The SMILES string of the molecule is Cc1ccc(S(=O)(=O)NN=C2CCCCC2c2nc3ccccc3c(N)c2N2CCOCC2)cc1. The molecule has 1 aliphatic heterocycles. The van der Waals surface area contributed by atoms with Crippen LogP contribution in [0.5, 0.6) is 0 Å². The number of nitrogens with zero attached hydrogens (tertiary/aromatic N) is 3. The number of aryl methyl sites for hydroxylation is 1.